The van der Waals surface area contributed by atoms with Crippen molar-refractivity contribution in [2.24, 2.45) is 5.92 Å². The van der Waals surface area contributed by atoms with Gasteiger partial charge < -0.3 is 10.1 Å². The van der Waals surface area contributed by atoms with Gasteiger partial charge in [0.2, 0.25) is 0 Å². The van der Waals surface area contributed by atoms with Gasteiger partial charge in [-0.25, -0.2) is 4.39 Å². The Morgan fingerprint density at radius 2 is 2.06 bits per heavy atom. The summed E-state index contributed by atoms with van der Waals surface area (Å²) in [6, 6.07) is 5.02. The van der Waals surface area contributed by atoms with E-state index in [9.17, 15) is 4.39 Å². The van der Waals surface area contributed by atoms with Crippen LogP contribution in [0.25, 0.3) is 0 Å². The lowest BCUT2D eigenvalue weighted by atomic mass is 10.1. The summed E-state index contributed by atoms with van der Waals surface area (Å²) in [7, 11) is 1.54. The van der Waals surface area contributed by atoms with Crippen LogP contribution < -0.4 is 10.1 Å². The molecule has 0 aliphatic carbocycles. The van der Waals surface area contributed by atoms with Crippen molar-refractivity contribution in [1.82, 2.24) is 5.32 Å². The maximum absolute atomic E-state index is 13.8. The third-order valence-corrected chi connectivity index (χ3v) is 3.14. The molecule has 3 heteroatoms. The molecule has 0 aliphatic heterocycles. The molecule has 17 heavy (non-hydrogen) atoms. The Balaban J connectivity index is 2.65. The molecule has 0 radical (unpaired) electrons. The van der Waals surface area contributed by atoms with Gasteiger partial charge in [-0.15, -0.1) is 0 Å². The molecule has 0 saturated heterocycles. The molecule has 0 aliphatic rings. The average molecular weight is 239 g/mol. The topological polar surface area (TPSA) is 21.3 Å². The Kier molecular flexibility index (Phi) is 5.42. The highest BCUT2D eigenvalue weighted by atomic mass is 19.1. The number of halogens is 1. The molecule has 1 N–H and O–H groups in total. The van der Waals surface area contributed by atoms with Crippen molar-refractivity contribution in [1.29, 1.82) is 0 Å². The van der Waals surface area contributed by atoms with E-state index in [2.05, 4.69) is 19.2 Å². The second-order valence-corrected chi connectivity index (χ2v) is 4.53. The lowest BCUT2D eigenvalue weighted by Gasteiger charge is -2.18. The smallest absolute Gasteiger partial charge is 0.131 e. The zero-order valence-electron chi connectivity index (χ0n) is 11.1. The molecular formula is C14H22FNO. The van der Waals surface area contributed by atoms with Gasteiger partial charge >= 0.3 is 0 Å². The summed E-state index contributed by atoms with van der Waals surface area (Å²) < 4.78 is 18.8. The molecule has 0 amide bonds. The van der Waals surface area contributed by atoms with E-state index in [1.165, 1.54) is 6.07 Å². The van der Waals surface area contributed by atoms with Crippen LogP contribution in [-0.2, 0) is 0 Å². The zero-order chi connectivity index (χ0) is 12.8. The Labute approximate surface area is 103 Å². The van der Waals surface area contributed by atoms with Gasteiger partial charge in [0.25, 0.3) is 0 Å². The first kappa shape index (κ1) is 14.0. The minimum Gasteiger partial charge on any atom is -0.497 e. The number of rotatable bonds is 6. The van der Waals surface area contributed by atoms with E-state index in [1.54, 1.807) is 19.2 Å². The van der Waals surface area contributed by atoms with E-state index in [4.69, 9.17) is 4.74 Å². The standard InChI is InChI=1S/C14H22FNO/c1-5-10(2)9-16-11(3)13-7-6-12(17-4)8-14(13)15/h6-8,10-11,16H,5,9H2,1-4H3. The first-order valence-electron chi connectivity index (χ1n) is 6.15. The van der Waals surface area contributed by atoms with Gasteiger partial charge in [-0.3, -0.25) is 0 Å². The second-order valence-electron chi connectivity index (χ2n) is 4.53. The third kappa shape index (κ3) is 4.00. The van der Waals surface area contributed by atoms with E-state index in [0.717, 1.165) is 13.0 Å². The molecule has 96 valence electrons. The monoisotopic (exact) mass is 239 g/mol. The molecule has 0 spiro atoms. The van der Waals surface area contributed by atoms with Gasteiger partial charge in [-0.1, -0.05) is 26.3 Å². The van der Waals surface area contributed by atoms with Crippen LogP contribution >= 0.6 is 0 Å². The zero-order valence-corrected chi connectivity index (χ0v) is 11.1. The maximum atomic E-state index is 13.8. The van der Waals surface area contributed by atoms with Gasteiger partial charge in [0.05, 0.1) is 7.11 Å². The number of methoxy groups -OCH3 is 1. The van der Waals surface area contributed by atoms with Crippen molar-refractivity contribution < 1.29 is 9.13 Å². The average Bonchev–Trinajstić information content (AvgIpc) is 2.35. The predicted octanol–water partition coefficient (Wildman–Crippen LogP) is 3.53. The quantitative estimate of drug-likeness (QED) is 0.820. The molecule has 0 heterocycles. The molecule has 0 saturated carbocycles. The maximum Gasteiger partial charge on any atom is 0.131 e. The van der Waals surface area contributed by atoms with E-state index in [-0.39, 0.29) is 11.9 Å². The number of nitrogens with one attached hydrogen (secondary N) is 1. The van der Waals surface area contributed by atoms with Crippen molar-refractivity contribution in [2.45, 2.75) is 33.2 Å². The largest absolute Gasteiger partial charge is 0.497 e. The van der Waals surface area contributed by atoms with Crippen LogP contribution in [0.15, 0.2) is 18.2 Å². The van der Waals surface area contributed by atoms with Crippen LogP contribution in [0.4, 0.5) is 4.39 Å². The SMILES string of the molecule is CCC(C)CNC(C)c1ccc(OC)cc1F. The van der Waals surface area contributed by atoms with E-state index < -0.39 is 0 Å². The fraction of sp³-hybridized carbons (Fsp3) is 0.571. The number of ether oxygens (including phenoxy) is 1. The van der Waals surface area contributed by atoms with Crippen LogP contribution in [0.5, 0.6) is 5.75 Å². The molecule has 0 aromatic heterocycles. The van der Waals surface area contributed by atoms with Crippen LogP contribution in [0.1, 0.15) is 38.8 Å². The van der Waals surface area contributed by atoms with Crippen LogP contribution in [0, 0.1) is 11.7 Å². The van der Waals surface area contributed by atoms with E-state index in [0.29, 0.717) is 17.2 Å². The Bertz CT molecular complexity index is 354. The molecule has 2 unspecified atom stereocenters. The predicted molar refractivity (Wildman–Crippen MR) is 68.8 cm³/mol. The molecule has 0 bridgehead atoms. The Hall–Kier alpha value is -1.09. The molecule has 1 aromatic carbocycles. The summed E-state index contributed by atoms with van der Waals surface area (Å²) in [5.74, 6) is 0.952. The number of hydrogen-bond donors (Lipinski definition) is 1. The molecular weight excluding hydrogens is 217 g/mol. The molecule has 0 fully saturated rings. The minimum absolute atomic E-state index is 0.0231. The van der Waals surface area contributed by atoms with Crippen molar-refractivity contribution >= 4 is 0 Å². The summed E-state index contributed by atoms with van der Waals surface area (Å²) in [6.45, 7) is 7.23. The summed E-state index contributed by atoms with van der Waals surface area (Å²) in [4.78, 5) is 0. The van der Waals surface area contributed by atoms with Gasteiger partial charge in [-0.2, -0.15) is 0 Å². The number of benzene rings is 1. The van der Waals surface area contributed by atoms with Crippen LogP contribution in [0.2, 0.25) is 0 Å². The van der Waals surface area contributed by atoms with Crippen LogP contribution in [0.3, 0.4) is 0 Å². The summed E-state index contributed by atoms with van der Waals surface area (Å²) in [5, 5.41) is 3.35. The van der Waals surface area contributed by atoms with Gasteiger partial charge in [0, 0.05) is 17.7 Å². The molecule has 2 atom stereocenters. The second kappa shape index (κ2) is 6.60. The highest BCUT2D eigenvalue weighted by Crippen LogP contribution is 2.21. The lowest BCUT2D eigenvalue weighted by Crippen LogP contribution is -2.24. The van der Waals surface area contributed by atoms with Gasteiger partial charge in [-0.05, 0) is 25.5 Å². The Morgan fingerprint density at radius 1 is 1.35 bits per heavy atom. The molecule has 1 rings (SSSR count). The van der Waals surface area contributed by atoms with Crippen molar-refractivity contribution in [3.05, 3.63) is 29.6 Å². The van der Waals surface area contributed by atoms with Gasteiger partial charge in [0.15, 0.2) is 0 Å². The molecule has 1 aromatic rings. The highest BCUT2D eigenvalue weighted by Gasteiger charge is 2.12. The van der Waals surface area contributed by atoms with E-state index >= 15 is 0 Å². The number of hydrogen-bond acceptors (Lipinski definition) is 2. The highest BCUT2D eigenvalue weighted by molar-refractivity contribution is 5.30. The van der Waals surface area contributed by atoms with Crippen molar-refractivity contribution in [3.8, 4) is 5.75 Å². The summed E-state index contributed by atoms with van der Waals surface area (Å²) in [5.41, 5.74) is 0.689. The van der Waals surface area contributed by atoms with Crippen molar-refractivity contribution in [3.63, 3.8) is 0 Å². The van der Waals surface area contributed by atoms with Crippen molar-refractivity contribution in [2.75, 3.05) is 13.7 Å². The fourth-order valence-electron chi connectivity index (χ4n) is 1.62. The summed E-state index contributed by atoms with van der Waals surface area (Å²) >= 11 is 0. The van der Waals surface area contributed by atoms with E-state index in [1.807, 2.05) is 6.92 Å². The summed E-state index contributed by atoms with van der Waals surface area (Å²) in [6.07, 6.45) is 1.13. The minimum atomic E-state index is -0.214. The first-order chi connectivity index (χ1) is 8.08. The van der Waals surface area contributed by atoms with Gasteiger partial charge in [0.1, 0.15) is 11.6 Å². The fourth-order valence-corrected chi connectivity index (χ4v) is 1.62. The van der Waals surface area contributed by atoms with Crippen LogP contribution in [-0.4, -0.2) is 13.7 Å². The normalized spacial score (nSPS) is 14.4. The Morgan fingerprint density at radius 3 is 2.59 bits per heavy atom. The lowest BCUT2D eigenvalue weighted by molar-refractivity contribution is 0.408. The first-order valence-corrected chi connectivity index (χ1v) is 6.15. The third-order valence-electron chi connectivity index (χ3n) is 3.14. The molecule has 2 nitrogen and oxygen atoms in total.